The molecule has 32 heavy (non-hydrogen) atoms. The number of nitrogens with one attached hydrogen (secondary N) is 1. The second-order valence-corrected chi connectivity index (χ2v) is 10.1. The molecular weight excluding hydrogens is 402 g/mol. The van der Waals surface area contributed by atoms with E-state index < -0.39 is 5.97 Å². The molecule has 2 heterocycles. The number of carboxylic acid groups (broad SMARTS) is 1. The van der Waals surface area contributed by atoms with Gasteiger partial charge in [-0.2, -0.15) is 0 Å². The van der Waals surface area contributed by atoms with E-state index in [2.05, 4.69) is 40.1 Å². The molecule has 4 rings (SSSR count). The number of likely N-dealkylation sites (tertiary alicyclic amines) is 1. The van der Waals surface area contributed by atoms with E-state index in [4.69, 9.17) is 0 Å². The molecule has 3 aliphatic rings. The predicted molar refractivity (Wildman–Crippen MR) is 123 cm³/mol. The Morgan fingerprint density at radius 3 is 2.34 bits per heavy atom. The first-order valence-electron chi connectivity index (χ1n) is 12.7. The quantitative estimate of drug-likeness (QED) is 0.685. The molecule has 2 aliphatic heterocycles. The number of hydrogen-bond donors (Lipinski definition) is 1. The van der Waals surface area contributed by atoms with Crippen molar-refractivity contribution >= 4 is 17.6 Å². The first kappa shape index (κ1) is 23.1. The minimum atomic E-state index is -0.948. The number of hydrogen-bond acceptors (Lipinski definition) is 4. The van der Waals surface area contributed by atoms with Gasteiger partial charge >= 0.3 is 0 Å². The van der Waals surface area contributed by atoms with Gasteiger partial charge < -0.3 is 24.6 Å². The fraction of sp³-hybridized carbons (Fsp3) is 0.692. The monoisotopic (exact) mass is 441 g/mol. The molecule has 2 saturated heterocycles. The van der Waals surface area contributed by atoms with Gasteiger partial charge in [-0.15, -0.1) is 0 Å². The van der Waals surface area contributed by atoms with Crippen molar-refractivity contribution in [2.45, 2.75) is 51.4 Å². The van der Waals surface area contributed by atoms with E-state index in [1.807, 2.05) is 0 Å². The number of carboxylic acids is 1. The van der Waals surface area contributed by atoms with Gasteiger partial charge in [0.2, 0.25) is 5.91 Å². The highest BCUT2D eigenvalue weighted by Crippen LogP contribution is 2.32. The van der Waals surface area contributed by atoms with Crippen molar-refractivity contribution in [3.63, 3.8) is 0 Å². The van der Waals surface area contributed by atoms with Gasteiger partial charge in [-0.3, -0.25) is 4.79 Å². The molecular formula is C26H39N3O3. The van der Waals surface area contributed by atoms with Crippen LogP contribution < -0.4 is 14.9 Å². The molecule has 0 radical (unpaired) electrons. The molecule has 1 N–H and O–H groups in total. The molecule has 0 unspecified atom stereocenters. The van der Waals surface area contributed by atoms with Gasteiger partial charge in [0.1, 0.15) is 0 Å². The molecule has 3 fully saturated rings. The van der Waals surface area contributed by atoms with Gasteiger partial charge in [0.25, 0.3) is 0 Å². The first-order chi connectivity index (χ1) is 15.6. The number of para-hydroxylation sites is 1. The maximum Gasteiger partial charge on any atom is 0.225 e. The normalized spacial score (nSPS) is 25.6. The molecule has 1 amide bonds. The molecule has 1 saturated carbocycles. The highest BCUT2D eigenvalue weighted by atomic mass is 16.4. The van der Waals surface area contributed by atoms with Crippen molar-refractivity contribution < 1.29 is 19.6 Å². The average molecular weight is 442 g/mol. The molecule has 0 bridgehead atoms. The van der Waals surface area contributed by atoms with Gasteiger partial charge in [0.15, 0.2) is 0 Å². The van der Waals surface area contributed by atoms with Crippen LogP contribution in [0.3, 0.4) is 0 Å². The van der Waals surface area contributed by atoms with E-state index in [0.29, 0.717) is 12.5 Å². The van der Waals surface area contributed by atoms with Crippen LogP contribution in [0.2, 0.25) is 0 Å². The summed E-state index contributed by atoms with van der Waals surface area (Å²) in [5, 5.41) is 11.4. The Balaban J connectivity index is 1.29. The Morgan fingerprint density at radius 1 is 0.938 bits per heavy atom. The maximum atomic E-state index is 13.1. The van der Waals surface area contributed by atoms with Gasteiger partial charge in [0, 0.05) is 37.1 Å². The summed E-state index contributed by atoms with van der Waals surface area (Å²) in [6, 6.07) is 10.6. The van der Waals surface area contributed by atoms with Crippen LogP contribution in [0.4, 0.5) is 5.69 Å². The number of anilines is 1. The molecule has 0 spiro atoms. The van der Waals surface area contributed by atoms with Crippen molar-refractivity contribution in [2.24, 2.45) is 17.8 Å². The van der Waals surface area contributed by atoms with Gasteiger partial charge in [-0.1, -0.05) is 37.5 Å². The molecule has 1 aliphatic carbocycles. The Bertz CT molecular complexity index is 742. The molecule has 6 nitrogen and oxygen atoms in total. The number of carbonyl (C=O) groups is 2. The lowest BCUT2D eigenvalue weighted by atomic mass is 9.80. The molecule has 176 valence electrons. The van der Waals surface area contributed by atoms with Crippen LogP contribution in [0.5, 0.6) is 0 Å². The lowest BCUT2D eigenvalue weighted by Crippen LogP contribution is -3.15. The predicted octanol–water partition coefficient (Wildman–Crippen LogP) is 0.967. The second-order valence-electron chi connectivity index (χ2n) is 10.1. The first-order valence-corrected chi connectivity index (χ1v) is 12.7. The van der Waals surface area contributed by atoms with Crippen molar-refractivity contribution in [3.8, 4) is 0 Å². The third-order valence-electron chi connectivity index (χ3n) is 8.05. The number of quaternary nitrogens is 1. The third kappa shape index (κ3) is 6.03. The number of amides is 1. The fourth-order valence-electron chi connectivity index (χ4n) is 6.06. The molecule has 1 aromatic rings. The minimum absolute atomic E-state index is 0.132. The summed E-state index contributed by atoms with van der Waals surface area (Å²) in [6.07, 6.45) is 7.56. The summed E-state index contributed by atoms with van der Waals surface area (Å²) in [5.41, 5.74) is 1.30. The Hall–Kier alpha value is -2.08. The summed E-state index contributed by atoms with van der Waals surface area (Å²) in [5.74, 6) is -0.0191. The van der Waals surface area contributed by atoms with Crippen LogP contribution in [0.25, 0.3) is 0 Å². The van der Waals surface area contributed by atoms with Crippen LogP contribution in [-0.4, -0.2) is 62.6 Å². The Kier molecular flexibility index (Phi) is 8.06. The third-order valence-corrected chi connectivity index (χ3v) is 8.05. The van der Waals surface area contributed by atoms with Gasteiger partial charge in [0.05, 0.1) is 32.7 Å². The number of piperazine rings is 1. The van der Waals surface area contributed by atoms with E-state index in [-0.39, 0.29) is 24.2 Å². The average Bonchev–Trinajstić information content (AvgIpc) is 2.84. The van der Waals surface area contributed by atoms with Crippen molar-refractivity contribution in [1.82, 2.24) is 4.90 Å². The fourth-order valence-corrected chi connectivity index (χ4v) is 6.06. The number of benzene rings is 1. The van der Waals surface area contributed by atoms with E-state index in [1.165, 1.54) is 24.9 Å². The van der Waals surface area contributed by atoms with Crippen molar-refractivity contribution in [3.05, 3.63) is 30.3 Å². The van der Waals surface area contributed by atoms with Gasteiger partial charge in [-0.25, -0.2) is 0 Å². The standard InChI is InChI=1S/C26H39N3O3/c30-25(31)19-22-12-14-29(26(32)21-7-3-1-4-8-21)20-23(22)11-13-27-15-17-28(18-16-27)24-9-5-2-6-10-24/h2,5-6,9-10,21-23H,1,3-4,7-8,11-20H2,(H,30,31)/t22-,23-/m0/s1. The van der Waals surface area contributed by atoms with E-state index in [1.54, 1.807) is 4.90 Å². The number of nitrogens with zero attached hydrogens (tertiary/aromatic N) is 2. The largest absolute Gasteiger partial charge is 0.550 e. The Labute approximate surface area is 192 Å². The zero-order valence-corrected chi connectivity index (χ0v) is 19.3. The van der Waals surface area contributed by atoms with Crippen LogP contribution in [0.15, 0.2) is 30.3 Å². The highest BCUT2D eigenvalue weighted by molar-refractivity contribution is 5.79. The number of carbonyl (C=O) groups excluding carboxylic acids is 2. The van der Waals surface area contributed by atoms with Crippen molar-refractivity contribution in [2.75, 3.05) is 50.7 Å². The lowest BCUT2D eigenvalue weighted by molar-refractivity contribution is -0.901. The summed E-state index contributed by atoms with van der Waals surface area (Å²) in [7, 11) is 0. The molecule has 0 aromatic heterocycles. The summed E-state index contributed by atoms with van der Waals surface area (Å²) < 4.78 is 0. The van der Waals surface area contributed by atoms with Gasteiger partial charge in [-0.05, 0) is 49.7 Å². The molecule has 6 heteroatoms. The van der Waals surface area contributed by atoms with Crippen LogP contribution in [-0.2, 0) is 9.59 Å². The smallest absolute Gasteiger partial charge is 0.225 e. The maximum absolute atomic E-state index is 13.1. The van der Waals surface area contributed by atoms with Crippen LogP contribution >= 0.6 is 0 Å². The topological polar surface area (TPSA) is 68.1 Å². The van der Waals surface area contributed by atoms with E-state index >= 15 is 0 Å². The SMILES string of the molecule is O=C([O-])C[C@@H]1CCN(C(=O)C2CCCCC2)C[C@@H]1CC[NH+]1CCN(c2ccccc2)CC1. The zero-order chi connectivity index (χ0) is 22.3. The van der Waals surface area contributed by atoms with Crippen molar-refractivity contribution in [1.29, 1.82) is 0 Å². The minimum Gasteiger partial charge on any atom is -0.550 e. The highest BCUT2D eigenvalue weighted by Gasteiger charge is 2.35. The number of aliphatic carboxylic acids is 1. The van der Waals surface area contributed by atoms with Crippen LogP contribution in [0, 0.1) is 17.8 Å². The van der Waals surface area contributed by atoms with E-state index in [0.717, 1.165) is 65.0 Å². The summed E-state index contributed by atoms with van der Waals surface area (Å²) >= 11 is 0. The summed E-state index contributed by atoms with van der Waals surface area (Å²) in [4.78, 5) is 30.6. The Morgan fingerprint density at radius 2 is 1.66 bits per heavy atom. The summed E-state index contributed by atoms with van der Waals surface area (Å²) in [6.45, 7) is 6.83. The van der Waals surface area contributed by atoms with E-state index in [9.17, 15) is 14.7 Å². The number of piperidine rings is 1. The second kappa shape index (κ2) is 11.2. The zero-order valence-electron chi connectivity index (χ0n) is 19.3. The molecule has 1 aromatic carbocycles. The lowest BCUT2D eigenvalue weighted by Gasteiger charge is -2.41. The number of rotatable bonds is 7. The molecule has 2 atom stereocenters. The van der Waals surface area contributed by atoms with Crippen LogP contribution in [0.1, 0.15) is 51.4 Å².